The van der Waals surface area contributed by atoms with E-state index in [1.54, 1.807) is 18.2 Å². The molecule has 1 N–H and O–H groups in total. The van der Waals surface area contributed by atoms with Gasteiger partial charge in [0.25, 0.3) is 11.8 Å². The molecular weight excluding hydrogens is 342 g/mol. The van der Waals surface area contributed by atoms with Crippen molar-refractivity contribution < 1.29 is 24.2 Å². The molecule has 0 spiro atoms. The van der Waals surface area contributed by atoms with Gasteiger partial charge >= 0.3 is 5.97 Å². The number of carbonyl (C=O) groups is 3. The maximum Gasteiger partial charge on any atom is 0.313 e. The lowest BCUT2D eigenvalue weighted by Gasteiger charge is -2.31. The van der Waals surface area contributed by atoms with Gasteiger partial charge in [-0.2, -0.15) is 0 Å². The summed E-state index contributed by atoms with van der Waals surface area (Å²) in [4.78, 5) is 37.5. The van der Waals surface area contributed by atoms with Crippen LogP contribution in [0.15, 0.2) is 22.7 Å². The SMILES string of the molecule is CC1(C(=O)O)COCC1N1C(=O)c2ccc(Br)cc2C1=O. The van der Waals surface area contributed by atoms with Crippen molar-refractivity contribution in [3.8, 4) is 0 Å². The molecule has 21 heavy (non-hydrogen) atoms. The maximum atomic E-state index is 12.5. The number of fused-ring (bicyclic) bond motifs is 1. The molecular formula is C14H12BrNO5. The summed E-state index contributed by atoms with van der Waals surface area (Å²) in [5.41, 5.74) is -0.707. The number of ether oxygens (including phenoxy) is 1. The van der Waals surface area contributed by atoms with Crippen LogP contribution >= 0.6 is 15.9 Å². The second kappa shape index (κ2) is 4.64. The Hall–Kier alpha value is -1.73. The van der Waals surface area contributed by atoms with Crippen molar-refractivity contribution in [3.63, 3.8) is 0 Å². The molecule has 1 aromatic carbocycles. The van der Waals surface area contributed by atoms with Gasteiger partial charge in [-0.25, -0.2) is 0 Å². The van der Waals surface area contributed by atoms with Crippen molar-refractivity contribution >= 4 is 33.7 Å². The zero-order chi connectivity index (χ0) is 15.4. The molecule has 1 saturated heterocycles. The summed E-state index contributed by atoms with van der Waals surface area (Å²) in [5.74, 6) is -2.02. The molecule has 2 atom stereocenters. The number of carboxylic acids is 1. The van der Waals surface area contributed by atoms with E-state index in [0.717, 1.165) is 4.90 Å². The highest BCUT2D eigenvalue weighted by Gasteiger charge is 2.54. The van der Waals surface area contributed by atoms with Crippen LogP contribution in [0.4, 0.5) is 0 Å². The average Bonchev–Trinajstić information content (AvgIpc) is 2.91. The number of rotatable bonds is 2. The molecule has 2 aliphatic rings. The molecule has 0 radical (unpaired) electrons. The topological polar surface area (TPSA) is 83.9 Å². The Morgan fingerprint density at radius 3 is 2.71 bits per heavy atom. The molecule has 6 nitrogen and oxygen atoms in total. The largest absolute Gasteiger partial charge is 0.481 e. The first-order valence-corrected chi connectivity index (χ1v) is 7.14. The molecule has 7 heteroatoms. The molecule has 0 aromatic heterocycles. The fourth-order valence-corrected chi connectivity index (χ4v) is 3.10. The molecule has 3 rings (SSSR count). The summed E-state index contributed by atoms with van der Waals surface area (Å²) < 4.78 is 5.92. The third-order valence-corrected chi connectivity index (χ3v) is 4.59. The van der Waals surface area contributed by atoms with E-state index in [1.165, 1.54) is 6.92 Å². The number of benzene rings is 1. The number of nitrogens with zero attached hydrogens (tertiary/aromatic N) is 1. The first-order valence-electron chi connectivity index (χ1n) is 6.35. The summed E-state index contributed by atoms with van der Waals surface area (Å²) >= 11 is 3.26. The number of carbonyl (C=O) groups excluding carboxylic acids is 2. The number of halogens is 1. The van der Waals surface area contributed by atoms with Crippen molar-refractivity contribution in [3.05, 3.63) is 33.8 Å². The first-order chi connectivity index (χ1) is 9.86. The molecule has 0 bridgehead atoms. The molecule has 2 heterocycles. The van der Waals surface area contributed by atoms with Gasteiger partial charge in [0.1, 0.15) is 5.41 Å². The molecule has 0 saturated carbocycles. The Morgan fingerprint density at radius 1 is 1.38 bits per heavy atom. The number of amides is 2. The number of aliphatic carboxylic acids is 1. The van der Waals surface area contributed by atoms with Crippen molar-refractivity contribution in [1.29, 1.82) is 0 Å². The van der Waals surface area contributed by atoms with Crippen LogP contribution in [0.2, 0.25) is 0 Å². The average molecular weight is 354 g/mol. The second-order valence-electron chi connectivity index (χ2n) is 5.42. The quantitative estimate of drug-likeness (QED) is 0.815. The van der Waals surface area contributed by atoms with E-state index < -0.39 is 29.2 Å². The molecule has 0 aliphatic carbocycles. The maximum absolute atomic E-state index is 12.5. The molecule has 1 fully saturated rings. The second-order valence-corrected chi connectivity index (χ2v) is 6.34. The van der Waals surface area contributed by atoms with Gasteiger partial charge in [0, 0.05) is 4.47 Å². The third kappa shape index (κ3) is 1.91. The lowest BCUT2D eigenvalue weighted by atomic mass is 9.84. The minimum atomic E-state index is -1.29. The summed E-state index contributed by atoms with van der Waals surface area (Å²) in [6, 6.07) is 4.01. The molecule has 110 valence electrons. The third-order valence-electron chi connectivity index (χ3n) is 4.09. The van der Waals surface area contributed by atoms with E-state index in [0.29, 0.717) is 10.0 Å². The van der Waals surface area contributed by atoms with Crippen LogP contribution in [0.5, 0.6) is 0 Å². The highest BCUT2D eigenvalue weighted by Crippen LogP contribution is 2.37. The van der Waals surface area contributed by atoms with Gasteiger partial charge in [0.05, 0.1) is 30.4 Å². The van der Waals surface area contributed by atoms with Crippen LogP contribution in [0.1, 0.15) is 27.6 Å². The van der Waals surface area contributed by atoms with Gasteiger partial charge in [0.15, 0.2) is 0 Å². The Bertz CT molecular complexity index is 673. The van der Waals surface area contributed by atoms with E-state index in [-0.39, 0.29) is 18.8 Å². The summed E-state index contributed by atoms with van der Waals surface area (Å²) in [5, 5.41) is 9.40. The van der Waals surface area contributed by atoms with Crippen molar-refractivity contribution in [2.75, 3.05) is 13.2 Å². The smallest absolute Gasteiger partial charge is 0.313 e. The van der Waals surface area contributed by atoms with Gasteiger partial charge in [-0.05, 0) is 25.1 Å². The fraction of sp³-hybridized carbons (Fsp3) is 0.357. The standard InChI is InChI=1S/C14H12BrNO5/c1-14(13(19)20)6-21-5-10(14)16-11(17)8-3-2-7(15)4-9(8)12(16)18/h2-4,10H,5-6H2,1H3,(H,19,20). The van der Waals surface area contributed by atoms with E-state index >= 15 is 0 Å². The molecule has 2 aliphatic heterocycles. The van der Waals surface area contributed by atoms with E-state index in [2.05, 4.69) is 15.9 Å². The summed E-state index contributed by atoms with van der Waals surface area (Å²) in [7, 11) is 0. The van der Waals surface area contributed by atoms with Crippen molar-refractivity contribution in [2.45, 2.75) is 13.0 Å². The highest BCUT2D eigenvalue weighted by molar-refractivity contribution is 9.10. The van der Waals surface area contributed by atoms with Crippen molar-refractivity contribution in [2.24, 2.45) is 5.41 Å². The number of carboxylic acid groups (broad SMARTS) is 1. The highest BCUT2D eigenvalue weighted by atomic mass is 79.9. The fourth-order valence-electron chi connectivity index (χ4n) is 2.74. The van der Waals surface area contributed by atoms with Gasteiger partial charge in [-0.1, -0.05) is 15.9 Å². The van der Waals surface area contributed by atoms with Crippen LogP contribution < -0.4 is 0 Å². The van der Waals surface area contributed by atoms with Gasteiger partial charge in [0.2, 0.25) is 0 Å². The predicted octanol–water partition coefficient (Wildman–Crippen LogP) is 1.53. The van der Waals surface area contributed by atoms with Crippen molar-refractivity contribution in [1.82, 2.24) is 4.90 Å². The van der Waals surface area contributed by atoms with Gasteiger partial charge in [-0.15, -0.1) is 0 Å². The molecule has 2 unspecified atom stereocenters. The summed E-state index contributed by atoms with van der Waals surface area (Å²) in [6.45, 7) is 1.51. The molecule has 2 amide bonds. The normalized spacial score (nSPS) is 28.1. The molecule has 1 aromatic rings. The zero-order valence-electron chi connectivity index (χ0n) is 11.1. The Labute approximate surface area is 128 Å². The zero-order valence-corrected chi connectivity index (χ0v) is 12.7. The Kier molecular flexibility index (Phi) is 3.14. The summed E-state index contributed by atoms with van der Waals surface area (Å²) in [6.07, 6.45) is 0. The number of hydrogen-bond donors (Lipinski definition) is 1. The van der Waals surface area contributed by atoms with Gasteiger partial charge < -0.3 is 9.84 Å². The van der Waals surface area contributed by atoms with Crippen LogP contribution in [0.3, 0.4) is 0 Å². The first kappa shape index (κ1) is 14.2. The minimum Gasteiger partial charge on any atom is -0.481 e. The number of imide groups is 1. The van der Waals surface area contributed by atoms with Crippen LogP contribution in [0.25, 0.3) is 0 Å². The van der Waals surface area contributed by atoms with E-state index in [4.69, 9.17) is 4.74 Å². The van der Waals surface area contributed by atoms with Crippen LogP contribution in [0, 0.1) is 5.41 Å². The minimum absolute atomic E-state index is 0.0237. The lowest BCUT2D eigenvalue weighted by Crippen LogP contribution is -2.52. The van der Waals surface area contributed by atoms with Crippen LogP contribution in [-0.2, 0) is 9.53 Å². The lowest BCUT2D eigenvalue weighted by molar-refractivity contribution is -0.149. The number of hydrogen-bond acceptors (Lipinski definition) is 4. The monoisotopic (exact) mass is 353 g/mol. The van der Waals surface area contributed by atoms with E-state index in [1.807, 2.05) is 0 Å². The van der Waals surface area contributed by atoms with Crippen LogP contribution in [-0.4, -0.2) is 47.0 Å². The van der Waals surface area contributed by atoms with Gasteiger partial charge in [-0.3, -0.25) is 19.3 Å². The Balaban J connectivity index is 2.04. The van der Waals surface area contributed by atoms with E-state index in [9.17, 15) is 19.5 Å². The predicted molar refractivity (Wildman–Crippen MR) is 75.0 cm³/mol. The Morgan fingerprint density at radius 2 is 2.05 bits per heavy atom.